The van der Waals surface area contributed by atoms with Gasteiger partial charge in [0.05, 0.1) is 20.4 Å². The van der Waals surface area contributed by atoms with Crippen molar-refractivity contribution in [3.05, 3.63) is 108 Å². The standard InChI is InChI=1S/C32H29FN4O2/c1-20-5-15-26(38-3)17-28(20)22-7-11-24(12-8-22)35-31-30(33)19-34-32(37-31)36-25-13-9-23(10-14-25)29-18-27(39-4)16-6-21(29)2/h5-19H,1-4H3,(H2,34,35,36,37). The number of aryl methyl sites for hydroxylation is 2. The van der Waals surface area contributed by atoms with Crippen LogP contribution in [0.1, 0.15) is 11.1 Å². The molecule has 0 radical (unpaired) electrons. The second kappa shape index (κ2) is 11.2. The lowest BCUT2D eigenvalue weighted by Gasteiger charge is -2.12. The Kier molecular flexibility index (Phi) is 7.41. The Balaban J connectivity index is 1.31. The molecule has 0 aliphatic heterocycles. The van der Waals surface area contributed by atoms with Gasteiger partial charge in [0.2, 0.25) is 5.95 Å². The fourth-order valence-electron chi connectivity index (χ4n) is 4.33. The molecule has 0 saturated heterocycles. The molecular formula is C32H29FN4O2. The first-order valence-electron chi connectivity index (χ1n) is 12.5. The molecule has 0 fully saturated rings. The average Bonchev–Trinajstić information content (AvgIpc) is 2.96. The monoisotopic (exact) mass is 520 g/mol. The van der Waals surface area contributed by atoms with E-state index < -0.39 is 5.82 Å². The summed E-state index contributed by atoms with van der Waals surface area (Å²) in [7, 11) is 3.31. The Morgan fingerprint density at radius 2 is 1.13 bits per heavy atom. The molecule has 0 saturated carbocycles. The third kappa shape index (κ3) is 5.83. The van der Waals surface area contributed by atoms with E-state index in [2.05, 4.69) is 34.4 Å². The molecule has 5 rings (SSSR count). The number of nitrogens with zero attached hydrogens (tertiary/aromatic N) is 2. The van der Waals surface area contributed by atoms with Crippen molar-refractivity contribution in [2.45, 2.75) is 13.8 Å². The predicted molar refractivity (Wildman–Crippen MR) is 155 cm³/mol. The first-order valence-corrected chi connectivity index (χ1v) is 12.5. The van der Waals surface area contributed by atoms with Crippen molar-refractivity contribution in [1.29, 1.82) is 0 Å². The normalized spacial score (nSPS) is 10.7. The second-order valence-corrected chi connectivity index (χ2v) is 9.16. The van der Waals surface area contributed by atoms with Crippen molar-refractivity contribution >= 4 is 23.1 Å². The molecule has 1 aromatic heterocycles. The molecule has 1 heterocycles. The molecule has 2 N–H and O–H groups in total. The van der Waals surface area contributed by atoms with Gasteiger partial charge in [0.15, 0.2) is 11.6 Å². The summed E-state index contributed by atoms with van der Waals surface area (Å²) in [6, 6.07) is 27.6. The smallest absolute Gasteiger partial charge is 0.229 e. The van der Waals surface area contributed by atoms with Crippen molar-refractivity contribution in [1.82, 2.24) is 9.97 Å². The maximum atomic E-state index is 14.6. The van der Waals surface area contributed by atoms with Gasteiger partial charge in [-0.15, -0.1) is 0 Å². The summed E-state index contributed by atoms with van der Waals surface area (Å²) in [5.41, 5.74) is 8.06. The highest BCUT2D eigenvalue weighted by Gasteiger charge is 2.10. The fourth-order valence-corrected chi connectivity index (χ4v) is 4.33. The van der Waals surface area contributed by atoms with Crippen LogP contribution in [0.5, 0.6) is 11.5 Å². The Morgan fingerprint density at radius 1 is 0.641 bits per heavy atom. The number of rotatable bonds is 8. The lowest BCUT2D eigenvalue weighted by Crippen LogP contribution is -2.03. The summed E-state index contributed by atoms with van der Waals surface area (Å²) in [6.45, 7) is 4.12. The molecular weight excluding hydrogens is 491 g/mol. The van der Waals surface area contributed by atoms with Gasteiger partial charge in [-0.3, -0.25) is 0 Å². The van der Waals surface area contributed by atoms with Crippen molar-refractivity contribution in [3.8, 4) is 33.8 Å². The SMILES string of the molecule is COc1ccc(C)c(-c2ccc(Nc3ncc(F)c(Nc4ccc(-c5cc(OC)ccc5C)cc4)n3)cc2)c1. The first kappa shape index (κ1) is 25.7. The lowest BCUT2D eigenvalue weighted by molar-refractivity contribution is 0.415. The molecule has 7 heteroatoms. The van der Waals surface area contributed by atoms with Crippen LogP contribution in [-0.2, 0) is 0 Å². The molecule has 196 valence electrons. The third-order valence-electron chi connectivity index (χ3n) is 6.54. The van der Waals surface area contributed by atoms with Gasteiger partial charge in [-0.25, -0.2) is 9.37 Å². The van der Waals surface area contributed by atoms with Crippen molar-refractivity contribution < 1.29 is 13.9 Å². The van der Waals surface area contributed by atoms with Crippen molar-refractivity contribution in [2.75, 3.05) is 24.9 Å². The molecule has 0 spiro atoms. The zero-order chi connectivity index (χ0) is 27.4. The van der Waals surface area contributed by atoms with E-state index in [1.165, 1.54) is 0 Å². The lowest BCUT2D eigenvalue weighted by atomic mass is 10.00. The van der Waals surface area contributed by atoms with Gasteiger partial charge in [-0.05, 0) is 95.8 Å². The number of benzene rings is 4. The minimum Gasteiger partial charge on any atom is -0.497 e. The third-order valence-corrected chi connectivity index (χ3v) is 6.54. The van der Waals surface area contributed by atoms with Crippen LogP contribution in [0.25, 0.3) is 22.3 Å². The van der Waals surface area contributed by atoms with E-state index in [0.29, 0.717) is 5.69 Å². The summed E-state index contributed by atoms with van der Waals surface area (Å²) in [5, 5.41) is 6.21. The summed E-state index contributed by atoms with van der Waals surface area (Å²) in [4.78, 5) is 8.46. The van der Waals surface area contributed by atoms with E-state index in [1.807, 2.05) is 84.9 Å². The summed E-state index contributed by atoms with van der Waals surface area (Å²) >= 11 is 0. The number of methoxy groups -OCH3 is 2. The molecule has 39 heavy (non-hydrogen) atoms. The van der Waals surface area contributed by atoms with E-state index in [9.17, 15) is 4.39 Å². The summed E-state index contributed by atoms with van der Waals surface area (Å²) in [5.74, 6) is 1.43. The van der Waals surface area contributed by atoms with Crippen LogP contribution in [-0.4, -0.2) is 24.2 Å². The average molecular weight is 521 g/mol. The Hall–Kier alpha value is -4.91. The minimum absolute atomic E-state index is 0.0847. The van der Waals surface area contributed by atoms with Crippen LogP contribution in [0.4, 0.5) is 27.5 Å². The minimum atomic E-state index is -0.544. The maximum Gasteiger partial charge on any atom is 0.229 e. The molecule has 0 aliphatic carbocycles. The Bertz CT molecular complexity index is 1600. The Morgan fingerprint density at radius 3 is 1.62 bits per heavy atom. The van der Waals surface area contributed by atoms with Crippen LogP contribution in [0, 0.1) is 19.7 Å². The highest BCUT2D eigenvalue weighted by molar-refractivity contribution is 5.73. The van der Waals surface area contributed by atoms with Crippen molar-refractivity contribution in [2.24, 2.45) is 0 Å². The van der Waals surface area contributed by atoms with E-state index in [0.717, 1.165) is 56.8 Å². The van der Waals surface area contributed by atoms with Crippen molar-refractivity contribution in [3.63, 3.8) is 0 Å². The van der Waals surface area contributed by atoms with E-state index in [4.69, 9.17) is 9.47 Å². The van der Waals surface area contributed by atoms with Gasteiger partial charge in [-0.1, -0.05) is 36.4 Å². The van der Waals surface area contributed by atoms with Gasteiger partial charge in [0.25, 0.3) is 0 Å². The number of halogens is 1. The molecule has 4 aromatic carbocycles. The van der Waals surface area contributed by atoms with Gasteiger partial charge in [0, 0.05) is 11.4 Å². The highest BCUT2D eigenvalue weighted by atomic mass is 19.1. The van der Waals surface area contributed by atoms with Gasteiger partial charge >= 0.3 is 0 Å². The van der Waals surface area contributed by atoms with Crippen LogP contribution in [0.3, 0.4) is 0 Å². The number of ether oxygens (including phenoxy) is 2. The number of hydrogen-bond donors (Lipinski definition) is 2. The van der Waals surface area contributed by atoms with E-state index in [-0.39, 0.29) is 11.8 Å². The number of anilines is 4. The van der Waals surface area contributed by atoms with Gasteiger partial charge < -0.3 is 20.1 Å². The molecule has 5 aromatic rings. The fraction of sp³-hybridized carbons (Fsp3) is 0.125. The van der Waals surface area contributed by atoms with Crippen LogP contribution < -0.4 is 20.1 Å². The predicted octanol–water partition coefficient (Wildman–Crippen LogP) is 8.07. The maximum absolute atomic E-state index is 14.6. The molecule has 0 bridgehead atoms. The quantitative estimate of drug-likeness (QED) is 0.216. The van der Waals surface area contributed by atoms with Crippen LogP contribution >= 0.6 is 0 Å². The zero-order valence-corrected chi connectivity index (χ0v) is 22.2. The zero-order valence-electron chi connectivity index (χ0n) is 22.2. The second-order valence-electron chi connectivity index (χ2n) is 9.16. The van der Waals surface area contributed by atoms with E-state index >= 15 is 0 Å². The van der Waals surface area contributed by atoms with Crippen LogP contribution in [0.2, 0.25) is 0 Å². The summed E-state index contributed by atoms with van der Waals surface area (Å²) < 4.78 is 25.3. The molecule has 0 atom stereocenters. The Labute approximate surface area is 227 Å². The van der Waals surface area contributed by atoms with Gasteiger partial charge in [0.1, 0.15) is 11.5 Å². The van der Waals surface area contributed by atoms with E-state index in [1.54, 1.807) is 14.2 Å². The highest BCUT2D eigenvalue weighted by Crippen LogP contribution is 2.31. The number of hydrogen-bond acceptors (Lipinski definition) is 6. The topological polar surface area (TPSA) is 68.3 Å². The summed E-state index contributed by atoms with van der Waals surface area (Å²) in [6.07, 6.45) is 1.15. The molecule has 0 amide bonds. The molecule has 0 aliphatic rings. The number of aromatic nitrogens is 2. The van der Waals surface area contributed by atoms with Crippen LogP contribution in [0.15, 0.2) is 91.1 Å². The first-order chi connectivity index (χ1) is 18.9. The molecule has 0 unspecified atom stereocenters. The largest absolute Gasteiger partial charge is 0.497 e. The molecule has 6 nitrogen and oxygen atoms in total. The van der Waals surface area contributed by atoms with Gasteiger partial charge in [-0.2, -0.15) is 4.98 Å². The number of nitrogens with one attached hydrogen (secondary N) is 2.